The maximum absolute atomic E-state index is 13.3. The molecule has 25 heavy (non-hydrogen) atoms. The lowest BCUT2D eigenvalue weighted by Crippen LogP contribution is -2.72. The van der Waals surface area contributed by atoms with Crippen LogP contribution in [0.1, 0.15) is 18.5 Å². The van der Waals surface area contributed by atoms with E-state index in [0.717, 1.165) is 31.2 Å². The minimum atomic E-state index is -5.32. The van der Waals surface area contributed by atoms with Gasteiger partial charge in [-0.1, -0.05) is 12.1 Å². The molecule has 11 heteroatoms. The molecule has 2 rings (SSSR count). The fourth-order valence-corrected chi connectivity index (χ4v) is 2.66. The minimum absolute atomic E-state index is 0.000610. The van der Waals surface area contributed by atoms with E-state index in [2.05, 4.69) is 10.1 Å². The first kappa shape index (κ1) is 18.9. The van der Waals surface area contributed by atoms with Gasteiger partial charge >= 0.3 is 18.8 Å². The zero-order chi connectivity index (χ0) is 19.0. The van der Waals surface area contributed by atoms with E-state index in [4.69, 9.17) is 0 Å². The molecule has 0 spiro atoms. The molecule has 0 bridgehead atoms. The lowest BCUT2D eigenvalue weighted by atomic mass is 9.79. The number of benzene rings is 1. The second-order valence-corrected chi connectivity index (χ2v) is 5.38. The van der Waals surface area contributed by atoms with Crippen LogP contribution in [-0.4, -0.2) is 35.4 Å². The van der Waals surface area contributed by atoms with Crippen LogP contribution in [0.15, 0.2) is 24.3 Å². The number of hydrogen-bond acceptors (Lipinski definition) is 4. The summed E-state index contributed by atoms with van der Waals surface area (Å²) in [6.07, 6.45) is -5.32. The van der Waals surface area contributed by atoms with Gasteiger partial charge in [0.2, 0.25) is 5.72 Å². The number of hydrogen-bond donors (Lipinski definition) is 3. The number of alkyl halides is 5. The molecule has 3 N–H and O–H groups in total. The standard InChI is InChI=1S/C14H13F5N2O4/c1-6(22)9-10(7-2-4-8(5-3-7)25-11(15)16)20-12(23)21-13(9,24)14(17,18)19/h2-5,9-11,24H,1H3,(H2,20,21,23)/t9-,10+,13+/m1/s1. The second-order valence-electron chi connectivity index (χ2n) is 5.38. The average molecular weight is 368 g/mol. The number of urea groups is 1. The van der Waals surface area contributed by atoms with E-state index >= 15 is 0 Å². The number of ketones is 1. The fraction of sp³-hybridized carbons (Fsp3) is 0.429. The number of carbonyl (C=O) groups is 2. The van der Waals surface area contributed by atoms with Gasteiger partial charge in [-0.3, -0.25) is 4.79 Å². The summed E-state index contributed by atoms with van der Waals surface area (Å²) in [6, 6.07) is 1.44. The molecule has 138 valence electrons. The predicted octanol–water partition coefficient (Wildman–Crippen LogP) is 2.10. The Kier molecular flexibility index (Phi) is 4.89. The quantitative estimate of drug-likeness (QED) is 0.711. The summed E-state index contributed by atoms with van der Waals surface area (Å²) in [5.74, 6) is -3.39. The monoisotopic (exact) mass is 368 g/mol. The topological polar surface area (TPSA) is 87.7 Å². The lowest BCUT2D eigenvalue weighted by molar-refractivity contribution is -0.290. The average Bonchev–Trinajstić information content (AvgIpc) is 2.44. The summed E-state index contributed by atoms with van der Waals surface area (Å²) in [7, 11) is 0. The summed E-state index contributed by atoms with van der Waals surface area (Å²) in [5, 5.41) is 13.4. The highest BCUT2D eigenvalue weighted by Gasteiger charge is 2.65. The first-order chi connectivity index (χ1) is 11.5. The largest absolute Gasteiger partial charge is 0.437 e. The maximum atomic E-state index is 13.3. The summed E-state index contributed by atoms with van der Waals surface area (Å²) in [5.41, 5.74) is -3.77. The summed E-state index contributed by atoms with van der Waals surface area (Å²) in [6.45, 7) is -2.26. The number of carbonyl (C=O) groups excluding carboxylic acids is 2. The number of halogens is 5. The Labute approximate surface area is 138 Å². The van der Waals surface area contributed by atoms with E-state index in [1.165, 1.54) is 5.32 Å². The highest BCUT2D eigenvalue weighted by molar-refractivity contribution is 5.86. The normalized spacial score (nSPS) is 26.8. The molecule has 1 saturated heterocycles. The van der Waals surface area contributed by atoms with Gasteiger partial charge in [0.15, 0.2) is 0 Å². The maximum Gasteiger partial charge on any atom is 0.437 e. The number of nitrogens with one attached hydrogen (secondary N) is 2. The Morgan fingerprint density at radius 3 is 2.28 bits per heavy atom. The molecule has 0 unspecified atom stereocenters. The van der Waals surface area contributed by atoms with Crippen molar-refractivity contribution in [2.45, 2.75) is 31.5 Å². The first-order valence-corrected chi connectivity index (χ1v) is 6.88. The van der Waals surface area contributed by atoms with E-state index in [1.54, 1.807) is 0 Å². The molecule has 1 fully saturated rings. The molecule has 6 nitrogen and oxygen atoms in total. The van der Waals surface area contributed by atoms with Crippen molar-refractivity contribution in [2.75, 3.05) is 0 Å². The molecule has 1 aliphatic heterocycles. The van der Waals surface area contributed by atoms with Crippen molar-refractivity contribution in [3.05, 3.63) is 29.8 Å². The van der Waals surface area contributed by atoms with Gasteiger partial charge in [-0.05, 0) is 24.6 Å². The van der Waals surface area contributed by atoms with Crippen molar-refractivity contribution >= 4 is 11.8 Å². The highest BCUT2D eigenvalue weighted by atomic mass is 19.4. The number of ether oxygens (including phenoxy) is 1. The van der Waals surface area contributed by atoms with Crippen LogP contribution in [0, 0.1) is 5.92 Å². The number of Topliss-reactive ketones (excluding diaryl/α,β-unsaturated/α-hetero) is 1. The van der Waals surface area contributed by atoms with Crippen molar-refractivity contribution < 1.29 is 41.4 Å². The van der Waals surface area contributed by atoms with Crippen LogP contribution in [0.4, 0.5) is 26.7 Å². The summed E-state index contributed by atoms with van der Waals surface area (Å²) < 4.78 is 68.2. The Morgan fingerprint density at radius 1 is 1.28 bits per heavy atom. The molecule has 0 aliphatic carbocycles. The van der Waals surface area contributed by atoms with Gasteiger partial charge < -0.3 is 20.5 Å². The molecular formula is C14H13F5N2O4. The third-order valence-electron chi connectivity index (χ3n) is 3.71. The van der Waals surface area contributed by atoms with E-state index in [9.17, 15) is 36.6 Å². The Balaban J connectivity index is 2.43. The zero-order valence-electron chi connectivity index (χ0n) is 12.6. The molecule has 2 amide bonds. The Morgan fingerprint density at radius 2 is 1.84 bits per heavy atom. The molecule has 1 aromatic rings. The highest BCUT2D eigenvalue weighted by Crippen LogP contribution is 2.42. The third kappa shape index (κ3) is 3.65. The summed E-state index contributed by atoms with van der Waals surface area (Å²) in [4.78, 5) is 23.4. The Hall–Kier alpha value is -2.43. The van der Waals surface area contributed by atoms with Gasteiger partial charge in [0.25, 0.3) is 0 Å². The molecule has 0 radical (unpaired) electrons. The second kappa shape index (κ2) is 6.47. The van der Waals surface area contributed by atoms with Gasteiger partial charge in [0, 0.05) is 0 Å². The zero-order valence-corrected chi connectivity index (χ0v) is 12.6. The first-order valence-electron chi connectivity index (χ1n) is 6.88. The van der Waals surface area contributed by atoms with Crippen molar-refractivity contribution in [3.63, 3.8) is 0 Å². The van der Waals surface area contributed by atoms with Crippen molar-refractivity contribution in [1.29, 1.82) is 0 Å². The number of amides is 2. The van der Waals surface area contributed by atoms with Crippen LogP contribution in [-0.2, 0) is 4.79 Å². The minimum Gasteiger partial charge on any atom is -0.435 e. The smallest absolute Gasteiger partial charge is 0.435 e. The molecular weight excluding hydrogens is 355 g/mol. The molecule has 1 aliphatic rings. The van der Waals surface area contributed by atoms with Crippen molar-refractivity contribution in [3.8, 4) is 5.75 Å². The van der Waals surface area contributed by atoms with E-state index in [-0.39, 0.29) is 11.3 Å². The summed E-state index contributed by atoms with van der Waals surface area (Å²) >= 11 is 0. The van der Waals surface area contributed by atoms with Crippen LogP contribution >= 0.6 is 0 Å². The van der Waals surface area contributed by atoms with Gasteiger partial charge in [0.05, 0.1) is 12.0 Å². The number of rotatable bonds is 4. The van der Waals surface area contributed by atoms with Crippen LogP contribution in [0.5, 0.6) is 5.75 Å². The van der Waals surface area contributed by atoms with Crippen molar-refractivity contribution in [1.82, 2.24) is 10.6 Å². The van der Waals surface area contributed by atoms with Gasteiger partial charge in [-0.25, -0.2) is 4.79 Å². The van der Waals surface area contributed by atoms with E-state index < -0.39 is 42.3 Å². The lowest BCUT2D eigenvalue weighted by Gasteiger charge is -2.44. The third-order valence-corrected chi connectivity index (χ3v) is 3.71. The molecule has 3 atom stereocenters. The van der Waals surface area contributed by atoms with Gasteiger partial charge in [-0.2, -0.15) is 22.0 Å². The van der Waals surface area contributed by atoms with Crippen molar-refractivity contribution in [2.24, 2.45) is 5.92 Å². The predicted molar refractivity (Wildman–Crippen MR) is 72.7 cm³/mol. The SMILES string of the molecule is CC(=O)[C@@H]1[C@H](c2ccc(OC(F)F)cc2)NC(=O)N[C@@]1(O)C(F)(F)F. The fourth-order valence-electron chi connectivity index (χ4n) is 2.66. The molecule has 1 heterocycles. The van der Waals surface area contributed by atoms with E-state index in [1.807, 2.05) is 0 Å². The van der Waals surface area contributed by atoms with Crippen LogP contribution in [0.2, 0.25) is 0 Å². The van der Waals surface area contributed by atoms with Crippen LogP contribution in [0.3, 0.4) is 0 Å². The van der Waals surface area contributed by atoms with Gasteiger partial charge in [0.1, 0.15) is 11.5 Å². The molecule has 1 aromatic carbocycles. The van der Waals surface area contributed by atoms with Gasteiger partial charge in [-0.15, -0.1) is 0 Å². The number of aliphatic hydroxyl groups is 1. The molecule has 0 aromatic heterocycles. The van der Waals surface area contributed by atoms with Crippen LogP contribution in [0.25, 0.3) is 0 Å². The van der Waals surface area contributed by atoms with Crippen LogP contribution < -0.4 is 15.4 Å². The molecule has 0 saturated carbocycles. The van der Waals surface area contributed by atoms with E-state index in [0.29, 0.717) is 0 Å². The Bertz CT molecular complexity index is 664.